The Kier molecular flexibility index (Phi) is 8.20. The number of rotatable bonds is 7. The van der Waals surface area contributed by atoms with Crippen molar-refractivity contribution in [3.8, 4) is 11.5 Å². The van der Waals surface area contributed by atoms with Gasteiger partial charge in [-0.15, -0.1) is 10.5 Å². The first-order valence-corrected chi connectivity index (χ1v) is 15.2. The van der Waals surface area contributed by atoms with Crippen LogP contribution in [-0.4, -0.2) is 46.2 Å². The van der Waals surface area contributed by atoms with Crippen molar-refractivity contribution in [1.29, 1.82) is 0 Å². The number of anilines is 2. The number of carbonyl (C=O) groups is 1. The zero-order valence-electron chi connectivity index (χ0n) is 23.1. The third-order valence-electron chi connectivity index (χ3n) is 7.58. The van der Waals surface area contributed by atoms with Gasteiger partial charge < -0.3 is 20.5 Å². The van der Waals surface area contributed by atoms with Gasteiger partial charge in [-0.1, -0.05) is 18.0 Å². The minimum Gasteiger partial charge on any atom is -0.453 e. The Hall–Kier alpha value is -4.19. The second kappa shape index (κ2) is 12.2. The van der Waals surface area contributed by atoms with Crippen LogP contribution in [0.1, 0.15) is 31.4 Å². The molecule has 43 heavy (non-hydrogen) atoms. The number of aliphatic hydroxyl groups excluding tert-OH is 1. The first-order chi connectivity index (χ1) is 20.8. The highest BCUT2D eigenvalue weighted by Crippen LogP contribution is 2.52. The third kappa shape index (κ3) is 6.15. The van der Waals surface area contributed by atoms with Crippen molar-refractivity contribution in [2.24, 2.45) is 0 Å². The topological polar surface area (TPSA) is 86.7 Å². The molecule has 7 nitrogen and oxygen atoms in total. The molecule has 1 aliphatic carbocycles. The Morgan fingerprint density at radius 3 is 2.53 bits per heavy atom. The SMILES string of the molecule is C=S1C(C2=CC=C(C(O)N3CCCC3)CC2)=Cc2nccc(Oc3ccc(NC(=O)Nc4ccc(F)cc4F)cc3F)c21. The van der Waals surface area contributed by atoms with E-state index in [-0.39, 0.29) is 17.1 Å². The molecule has 6 rings (SSSR count). The van der Waals surface area contributed by atoms with Crippen LogP contribution in [0.4, 0.5) is 29.3 Å². The maximum absolute atomic E-state index is 15.1. The van der Waals surface area contributed by atoms with Gasteiger partial charge in [-0.25, -0.2) is 18.0 Å². The molecule has 1 fully saturated rings. The van der Waals surface area contributed by atoms with Crippen LogP contribution >= 0.6 is 10.5 Å². The summed E-state index contributed by atoms with van der Waals surface area (Å²) in [5.41, 5.74) is 2.74. The van der Waals surface area contributed by atoms with Gasteiger partial charge >= 0.3 is 6.03 Å². The highest BCUT2D eigenvalue weighted by molar-refractivity contribution is 8.18. The van der Waals surface area contributed by atoms with Crippen LogP contribution < -0.4 is 15.4 Å². The first-order valence-electron chi connectivity index (χ1n) is 13.8. The van der Waals surface area contributed by atoms with Crippen molar-refractivity contribution < 1.29 is 27.8 Å². The fourth-order valence-electron chi connectivity index (χ4n) is 5.38. The summed E-state index contributed by atoms with van der Waals surface area (Å²) < 4.78 is 48.0. The average Bonchev–Trinajstić information content (AvgIpc) is 3.65. The molecule has 2 amide bonds. The quantitative estimate of drug-likeness (QED) is 0.244. The van der Waals surface area contributed by atoms with E-state index in [1.54, 1.807) is 12.3 Å². The summed E-state index contributed by atoms with van der Waals surface area (Å²) in [6, 6.07) is 7.49. The second-order valence-corrected chi connectivity index (χ2v) is 12.1. The van der Waals surface area contributed by atoms with Crippen molar-refractivity contribution in [2.75, 3.05) is 23.7 Å². The molecule has 0 radical (unpaired) electrons. The number of hydrogen-bond donors (Lipinski definition) is 3. The molecule has 3 heterocycles. The Bertz CT molecular complexity index is 1720. The lowest BCUT2D eigenvalue weighted by Crippen LogP contribution is -2.34. The lowest BCUT2D eigenvalue weighted by Gasteiger charge is -2.27. The predicted octanol–water partition coefficient (Wildman–Crippen LogP) is 7.41. The molecule has 2 aliphatic heterocycles. The van der Waals surface area contributed by atoms with Crippen LogP contribution in [0.25, 0.3) is 6.08 Å². The number of allylic oxidation sites excluding steroid dienone is 3. The van der Waals surface area contributed by atoms with Crippen LogP contribution in [0, 0.1) is 17.5 Å². The molecule has 0 spiro atoms. The number of fused-ring (bicyclic) bond motifs is 1. The summed E-state index contributed by atoms with van der Waals surface area (Å²) in [4.78, 5) is 20.7. The van der Waals surface area contributed by atoms with Gasteiger partial charge in [0.25, 0.3) is 0 Å². The minimum absolute atomic E-state index is 0.0604. The number of nitrogens with one attached hydrogen (secondary N) is 2. The van der Waals surface area contributed by atoms with Gasteiger partial charge in [0.2, 0.25) is 0 Å². The smallest absolute Gasteiger partial charge is 0.323 e. The lowest BCUT2D eigenvalue weighted by molar-refractivity contribution is 0.0485. The summed E-state index contributed by atoms with van der Waals surface area (Å²) in [6.45, 7) is 1.83. The van der Waals surface area contributed by atoms with Gasteiger partial charge in [0.05, 0.1) is 16.3 Å². The number of aromatic nitrogens is 1. The summed E-state index contributed by atoms with van der Waals surface area (Å²) in [5.74, 6) is 2.32. The number of pyridine rings is 1. The van der Waals surface area contributed by atoms with E-state index in [1.165, 1.54) is 12.1 Å². The maximum Gasteiger partial charge on any atom is 0.323 e. The highest BCUT2D eigenvalue weighted by atomic mass is 32.2. The molecule has 2 unspecified atom stereocenters. The van der Waals surface area contributed by atoms with E-state index >= 15 is 4.39 Å². The number of ether oxygens (including phenoxy) is 1. The lowest BCUT2D eigenvalue weighted by atomic mass is 9.96. The normalized spacial score (nSPS) is 18.8. The van der Waals surface area contributed by atoms with Crippen LogP contribution in [0.3, 0.4) is 0 Å². The molecular weight excluding hydrogens is 577 g/mol. The van der Waals surface area contributed by atoms with Crippen molar-refractivity contribution in [3.05, 3.63) is 100 Å². The zero-order chi connectivity index (χ0) is 30.1. The van der Waals surface area contributed by atoms with Crippen LogP contribution in [0.2, 0.25) is 0 Å². The molecular formula is C32H29F3N4O3S. The third-order valence-corrected chi connectivity index (χ3v) is 9.39. The average molecular weight is 607 g/mol. The summed E-state index contributed by atoms with van der Waals surface area (Å²) >= 11 is 0. The van der Waals surface area contributed by atoms with E-state index in [9.17, 15) is 18.7 Å². The molecule has 1 aromatic heterocycles. The summed E-state index contributed by atoms with van der Waals surface area (Å²) in [5, 5.41) is 15.4. The Morgan fingerprint density at radius 2 is 1.81 bits per heavy atom. The van der Waals surface area contributed by atoms with Gasteiger partial charge in [0.1, 0.15) is 23.6 Å². The summed E-state index contributed by atoms with van der Waals surface area (Å²) in [6.07, 6.45) is 10.9. The van der Waals surface area contributed by atoms with Gasteiger partial charge in [0.15, 0.2) is 11.6 Å². The Morgan fingerprint density at radius 1 is 1.00 bits per heavy atom. The van der Waals surface area contributed by atoms with Gasteiger partial charge in [0, 0.05) is 48.1 Å². The minimum atomic E-state index is -0.936. The Balaban J connectivity index is 1.14. The van der Waals surface area contributed by atoms with Crippen LogP contribution in [0.15, 0.2) is 81.8 Å². The molecule has 222 valence electrons. The number of nitrogens with zero attached hydrogens (tertiary/aromatic N) is 2. The molecule has 3 N–H and O–H groups in total. The molecule has 0 saturated carbocycles. The number of aliphatic hydroxyl groups is 1. The van der Waals surface area contributed by atoms with E-state index in [2.05, 4.69) is 26.4 Å². The number of carbonyl (C=O) groups excluding carboxylic acids is 1. The van der Waals surface area contributed by atoms with Crippen LogP contribution in [0.5, 0.6) is 11.5 Å². The van der Waals surface area contributed by atoms with Crippen molar-refractivity contribution in [1.82, 2.24) is 9.88 Å². The number of amides is 2. The second-order valence-electron chi connectivity index (χ2n) is 10.4. The van der Waals surface area contributed by atoms with E-state index < -0.39 is 40.2 Å². The largest absolute Gasteiger partial charge is 0.453 e. The van der Waals surface area contributed by atoms with E-state index in [0.717, 1.165) is 77.9 Å². The van der Waals surface area contributed by atoms with E-state index in [1.807, 2.05) is 18.2 Å². The van der Waals surface area contributed by atoms with Crippen molar-refractivity contribution in [3.63, 3.8) is 0 Å². The zero-order valence-corrected chi connectivity index (χ0v) is 23.9. The van der Waals surface area contributed by atoms with Gasteiger partial charge in [-0.2, -0.15) is 0 Å². The standard InChI is InChI=1S/C32H29F3N4O3S/c1-43-29(19-4-6-20(7-5-19)31(40)39-14-2-3-15-39)18-26-30(43)28(12-13-36-26)42-27-11-9-22(17-24(27)35)37-32(41)38-25-10-8-21(33)16-23(25)34/h4,6,8-13,16-18,31,40H,1-3,5,7,14-15H2,(H2,37,38,41). The molecule has 3 aromatic rings. The van der Waals surface area contributed by atoms with E-state index in [4.69, 9.17) is 4.74 Å². The molecule has 3 aliphatic rings. The molecule has 0 bridgehead atoms. The highest BCUT2D eigenvalue weighted by Gasteiger charge is 2.28. The Labute approximate surface area is 249 Å². The van der Waals surface area contributed by atoms with E-state index in [0.29, 0.717) is 17.5 Å². The molecule has 1 saturated heterocycles. The number of hydrogen-bond acceptors (Lipinski definition) is 5. The predicted molar refractivity (Wildman–Crippen MR) is 163 cm³/mol. The summed E-state index contributed by atoms with van der Waals surface area (Å²) in [7, 11) is -0.623. The fourth-order valence-corrected chi connectivity index (χ4v) is 7.06. The molecule has 2 aromatic carbocycles. The number of likely N-dealkylation sites (tertiary alicyclic amines) is 1. The number of halogens is 3. The molecule has 2 atom stereocenters. The van der Waals surface area contributed by atoms with Crippen molar-refractivity contribution in [2.45, 2.75) is 36.8 Å². The van der Waals surface area contributed by atoms with Crippen LogP contribution in [-0.2, 0) is 0 Å². The van der Waals surface area contributed by atoms with Crippen molar-refractivity contribution >= 4 is 39.8 Å². The monoisotopic (exact) mass is 606 g/mol. The maximum atomic E-state index is 15.1. The number of urea groups is 1. The first kappa shape index (κ1) is 28.9. The fraction of sp³-hybridized carbons (Fsp3) is 0.219. The molecule has 11 heteroatoms. The number of benzene rings is 2. The van der Waals surface area contributed by atoms with Gasteiger partial charge in [-0.05, 0) is 67.2 Å². The van der Waals surface area contributed by atoms with Gasteiger partial charge in [-0.3, -0.25) is 9.88 Å².